The van der Waals surface area contributed by atoms with Gasteiger partial charge in [-0.3, -0.25) is 0 Å². The van der Waals surface area contributed by atoms with E-state index >= 15 is 0 Å². The average molecular weight is 204 g/mol. The third-order valence-electron chi connectivity index (χ3n) is 0.741. The van der Waals surface area contributed by atoms with Gasteiger partial charge >= 0.3 is 6.18 Å². The van der Waals surface area contributed by atoms with Crippen molar-refractivity contribution >= 4 is 15.9 Å². The fourth-order valence-corrected chi connectivity index (χ4v) is 0.549. The maximum Gasteiger partial charge on any atom is 0.389 e. The first-order valence-corrected chi connectivity index (χ1v) is 3.37. The molecule has 0 aliphatic heterocycles. The first-order valence-electron chi connectivity index (χ1n) is 2.46. The van der Waals surface area contributed by atoms with Crippen LogP contribution in [-0.2, 0) is 0 Å². The Hall–Kier alpha value is 0.270. The smallest absolute Gasteiger partial charge is 0.171 e. The zero-order valence-electron chi connectivity index (χ0n) is 4.71. The van der Waals surface area contributed by atoms with Crippen molar-refractivity contribution in [2.75, 3.05) is 0 Å². The zero-order chi connectivity index (χ0) is 7.49. The van der Waals surface area contributed by atoms with Crippen molar-refractivity contribution in [3.05, 3.63) is 6.92 Å². The van der Waals surface area contributed by atoms with Gasteiger partial charge in [-0.25, -0.2) is 0 Å². The molecule has 0 bridgehead atoms. The van der Waals surface area contributed by atoms with Crippen molar-refractivity contribution in [2.45, 2.75) is 23.8 Å². The third-order valence-corrected chi connectivity index (χ3v) is 1.20. The number of hydrogen-bond donors (Lipinski definition) is 0. The summed E-state index contributed by atoms with van der Waals surface area (Å²) in [4.78, 5) is -0.292. The summed E-state index contributed by atoms with van der Waals surface area (Å²) in [5.74, 6) is 0. The molecular weight excluding hydrogens is 197 g/mol. The Morgan fingerprint density at radius 2 is 1.89 bits per heavy atom. The van der Waals surface area contributed by atoms with E-state index in [2.05, 4.69) is 22.9 Å². The molecule has 0 fully saturated rings. The van der Waals surface area contributed by atoms with Gasteiger partial charge in [-0.1, -0.05) is 15.9 Å². The fraction of sp³-hybridized carbons (Fsp3) is 0.800. The zero-order valence-corrected chi connectivity index (χ0v) is 6.30. The van der Waals surface area contributed by atoms with E-state index in [9.17, 15) is 13.2 Å². The second-order valence-electron chi connectivity index (χ2n) is 1.75. The van der Waals surface area contributed by atoms with Crippen molar-refractivity contribution in [2.24, 2.45) is 0 Å². The van der Waals surface area contributed by atoms with Crippen molar-refractivity contribution < 1.29 is 13.2 Å². The van der Waals surface area contributed by atoms with Crippen LogP contribution in [0.4, 0.5) is 13.2 Å². The highest BCUT2D eigenvalue weighted by atomic mass is 79.9. The van der Waals surface area contributed by atoms with Crippen molar-refractivity contribution in [3.63, 3.8) is 0 Å². The van der Waals surface area contributed by atoms with E-state index in [1.165, 1.54) is 0 Å². The van der Waals surface area contributed by atoms with E-state index in [-0.39, 0.29) is 11.2 Å². The average Bonchev–Trinajstić information content (AvgIpc) is 1.59. The van der Waals surface area contributed by atoms with Crippen LogP contribution in [0, 0.1) is 6.92 Å². The summed E-state index contributed by atoms with van der Waals surface area (Å²) in [6.45, 7) is 3.36. The lowest BCUT2D eigenvalue weighted by atomic mass is 10.2. The lowest BCUT2D eigenvalue weighted by molar-refractivity contribution is -0.135. The van der Waals surface area contributed by atoms with Crippen LogP contribution >= 0.6 is 15.9 Å². The monoisotopic (exact) mass is 203 g/mol. The first-order chi connectivity index (χ1) is 3.92. The molecule has 0 amide bonds. The van der Waals surface area contributed by atoms with Gasteiger partial charge in [-0.05, 0) is 13.3 Å². The Morgan fingerprint density at radius 3 is 2.00 bits per heavy atom. The number of alkyl halides is 4. The van der Waals surface area contributed by atoms with Gasteiger partial charge in [0.25, 0.3) is 0 Å². The Bertz CT molecular complexity index is 76.8. The summed E-state index contributed by atoms with van der Waals surface area (Å²) in [7, 11) is 0. The van der Waals surface area contributed by atoms with Crippen LogP contribution in [0.2, 0.25) is 0 Å². The Kier molecular flexibility index (Phi) is 3.54. The van der Waals surface area contributed by atoms with E-state index in [1.54, 1.807) is 0 Å². The Balaban J connectivity index is 3.28. The molecule has 0 spiro atoms. The number of hydrogen-bond acceptors (Lipinski definition) is 0. The predicted molar refractivity (Wildman–Crippen MR) is 33.4 cm³/mol. The van der Waals surface area contributed by atoms with E-state index in [4.69, 9.17) is 0 Å². The van der Waals surface area contributed by atoms with E-state index < -0.39 is 12.6 Å². The normalized spacial score (nSPS) is 15.7. The molecule has 1 radical (unpaired) electrons. The molecule has 0 rings (SSSR count). The SMILES string of the molecule is [CH2]C(Br)CCC(F)(F)F. The lowest BCUT2D eigenvalue weighted by Crippen LogP contribution is -2.08. The number of halogens is 4. The molecule has 4 heteroatoms. The quantitative estimate of drug-likeness (QED) is 0.606. The first kappa shape index (κ1) is 9.27. The standard InChI is InChI=1S/C5H7BrF3/c1-4(6)2-3-5(7,8)9/h4H,1-3H2. The maximum atomic E-state index is 11.4. The van der Waals surface area contributed by atoms with Gasteiger partial charge in [0.05, 0.1) is 0 Å². The van der Waals surface area contributed by atoms with Gasteiger partial charge in [0.1, 0.15) is 0 Å². The molecule has 1 atom stereocenters. The van der Waals surface area contributed by atoms with Gasteiger partial charge in [0.2, 0.25) is 0 Å². The van der Waals surface area contributed by atoms with Crippen LogP contribution in [0.1, 0.15) is 12.8 Å². The molecule has 0 saturated heterocycles. The van der Waals surface area contributed by atoms with Crippen molar-refractivity contribution in [1.82, 2.24) is 0 Å². The molecule has 0 aliphatic carbocycles. The summed E-state index contributed by atoms with van der Waals surface area (Å²) in [6.07, 6.45) is -4.75. The lowest BCUT2D eigenvalue weighted by Gasteiger charge is -2.05. The summed E-state index contributed by atoms with van der Waals surface area (Å²) < 4.78 is 34.1. The maximum absolute atomic E-state index is 11.4. The molecular formula is C5H7BrF3. The molecule has 0 nitrogen and oxygen atoms in total. The van der Waals surface area contributed by atoms with Gasteiger partial charge < -0.3 is 0 Å². The molecule has 1 unspecified atom stereocenters. The van der Waals surface area contributed by atoms with Gasteiger partial charge in [0, 0.05) is 11.2 Å². The summed E-state index contributed by atoms with van der Waals surface area (Å²) in [5.41, 5.74) is 0. The highest BCUT2D eigenvalue weighted by Crippen LogP contribution is 2.23. The van der Waals surface area contributed by atoms with E-state index in [0.717, 1.165) is 0 Å². The molecule has 0 aliphatic rings. The largest absolute Gasteiger partial charge is 0.389 e. The van der Waals surface area contributed by atoms with Crippen molar-refractivity contribution in [3.8, 4) is 0 Å². The molecule has 55 valence electrons. The second-order valence-corrected chi connectivity index (χ2v) is 3.05. The van der Waals surface area contributed by atoms with E-state index in [1.807, 2.05) is 0 Å². The van der Waals surface area contributed by atoms with Crippen LogP contribution in [0.5, 0.6) is 0 Å². The van der Waals surface area contributed by atoms with Crippen molar-refractivity contribution in [1.29, 1.82) is 0 Å². The van der Waals surface area contributed by atoms with Crippen LogP contribution in [0.25, 0.3) is 0 Å². The topological polar surface area (TPSA) is 0 Å². The minimum Gasteiger partial charge on any atom is -0.171 e. The third kappa shape index (κ3) is 8.27. The minimum absolute atomic E-state index is 0.0451. The van der Waals surface area contributed by atoms with Crippen LogP contribution < -0.4 is 0 Å². The highest BCUT2D eigenvalue weighted by molar-refractivity contribution is 9.09. The minimum atomic E-state index is -4.04. The number of rotatable bonds is 2. The fourth-order valence-electron chi connectivity index (χ4n) is 0.320. The molecule has 0 heterocycles. The molecule has 0 aromatic carbocycles. The van der Waals surface area contributed by atoms with Crippen LogP contribution in [0.15, 0.2) is 0 Å². The second kappa shape index (κ2) is 3.44. The molecule has 9 heavy (non-hydrogen) atoms. The van der Waals surface area contributed by atoms with Crippen LogP contribution in [-0.4, -0.2) is 11.0 Å². The van der Waals surface area contributed by atoms with Crippen LogP contribution in [0.3, 0.4) is 0 Å². The van der Waals surface area contributed by atoms with Gasteiger partial charge in [-0.2, -0.15) is 13.2 Å². The Labute approximate surface area is 60.6 Å². The molecule has 0 aromatic heterocycles. The molecule has 0 saturated carbocycles. The predicted octanol–water partition coefficient (Wildman–Crippen LogP) is 2.93. The van der Waals surface area contributed by atoms with Gasteiger partial charge in [-0.15, -0.1) is 0 Å². The highest BCUT2D eigenvalue weighted by Gasteiger charge is 2.26. The summed E-state index contributed by atoms with van der Waals surface area (Å²) in [5, 5.41) is 0. The Morgan fingerprint density at radius 1 is 1.44 bits per heavy atom. The van der Waals surface area contributed by atoms with E-state index in [0.29, 0.717) is 0 Å². The van der Waals surface area contributed by atoms with Gasteiger partial charge in [0.15, 0.2) is 0 Å². The summed E-state index contributed by atoms with van der Waals surface area (Å²) >= 11 is 2.92. The molecule has 0 N–H and O–H groups in total. The summed E-state index contributed by atoms with van der Waals surface area (Å²) in [6, 6.07) is 0. The molecule has 0 aromatic rings.